The van der Waals surface area contributed by atoms with Gasteiger partial charge in [0.15, 0.2) is 0 Å². The summed E-state index contributed by atoms with van der Waals surface area (Å²) in [6.45, 7) is 0. The van der Waals surface area contributed by atoms with Crippen molar-refractivity contribution in [1.29, 1.82) is 0 Å². The number of aryl methyl sites for hydroxylation is 2. The van der Waals surface area contributed by atoms with Crippen LogP contribution >= 0.6 is 0 Å². The third-order valence-corrected chi connectivity index (χ3v) is 2.26. The zero-order valence-corrected chi connectivity index (χ0v) is 8.02. The summed E-state index contributed by atoms with van der Waals surface area (Å²) in [5, 5.41) is 0. The quantitative estimate of drug-likeness (QED) is 0.607. The maximum absolute atomic E-state index is 10.0. The summed E-state index contributed by atoms with van der Waals surface area (Å²) in [5.74, 6) is 0. The highest BCUT2D eigenvalue weighted by Crippen LogP contribution is 2.19. The molecule has 1 aromatic carbocycles. The molecule has 0 aromatic heterocycles. The summed E-state index contributed by atoms with van der Waals surface area (Å²) < 4.78 is 10.0. The van der Waals surface area contributed by atoms with Crippen LogP contribution in [-0.4, -0.2) is 7.05 Å². The molecule has 0 radical (unpaired) electrons. The topological polar surface area (TPSA) is 12.0 Å². The number of hydrogen-bond acceptors (Lipinski definition) is 1. The molecule has 72 valence electrons. The molecule has 13 heavy (non-hydrogen) atoms. The van der Waals surface area contributed by atoms with Gasteiger partial charge in [0.25, 0.3) is 0 Å². The average molecular weight is 181 g/mol. The fourth-order valence-electron chi connectivity index (χ4n) is 1.68. The average Bonchev–Trinajstić information content (AvgIpc) is 2.19. The van der Waals surface area contributed by atoms with Crippen molar-refractivity contribution in [3.05, 3.63) is 35.4 Å². The molecule has 1 N–H and O–H groups in total. The molecule has 1 nitrogen and oxygen atoms in total. The lowest BCUT2D eigenvalue weighted by molar-refractivity contribution is 0.380. The van der Waals surface area contributed by atoms with Crippen LogP contribution in [0.2, 0.25) is 0 Å². The van der Waals surface area contributed by atoms with E-state index in [-0.39, 0.29) is 0 Å². The fraction of sp³-hybridized carbons (Fsp3) is 0.455. The van der Waals surface area contributed by atoms with Gasteiger partial charge in [0.2, 0.25) is 0 Å². The van der Waals surface area contributed by atoms with Gasteiger partial charge in [0, 0.05) is 7.05 Å². The van der Waals surface area contributed by atoms with E-state index in [1.807, 2.05) is 0 Å². The van der Waals surface area contributed by atoms with E-state index < -0.39 is 0 Å². The molecular weight excluding hydrogens is 165 g/mol. The third kappa shape index (κ3) is 3.15. The fourth-order valence-corrected chi connectivity index (χ4v) is 1.68. The summed E-state index contributed by atoms with van der Waals surface area (Å²) in [7, 11) is 1.21. The maximum Gasteiger partial charge on any atom is 0.0145 e. The van der Waals surface area contributed by atoms with Gasteiger partial charge in [0.1, 0.15) is 0 Å². The van der Waals surface area contributed by atoms with Gasteiger partial charge in [-0.25, -0.2) is 0 Å². The largest absolute Gasteiger partial charge is 0.162 e. The molecule has 0 aliphatic heterocycles. The van der Waals surface area contributed by atoms with Crippen LogP contribution in [0.4, 0.5) is 4.48 Å². The van der Waals surface area contributed by atoms with Crippen LogP contribution in [0.25, 0.3) is 0 Å². The van der Waals surface area contributed by atoms with Crippen molar-refractivity contribution in [3.63, 3.8) is 0 Å². The summed E-state index contributed by atoms with van der Waals surface area (Å²) in [4.78, 5) is 0. The minimum absolute atomic E-state index is 1.21. The van der Waals surface area contributed by atoms with E-state index in [0.29, 0.717) is 0 Å². The van der Waals surface area contributed by atoms with Crippen molar-refractivity contribution in [2.45, 2.75) is 25.7 Å². The molecule has 0 bridgehead atoms. The molecule has 0 saturated carbocycles. The van der Waals surface area contributed by atoms with Gasteiger partial charge in [-0.15, -0.1) is 4.48 Å². The highest BCUT2D eigenvalue weighted by molar-refractivity contribution is 5.28. The summed E-state index contributed by atoms with van der Waals surface area (Å²) in [5.41, 5.74) is 4.41. The van der Waals surface area contributed by atoms with Crippen LogP contribution in [0, 0.1) is 0 Å². The first-order valence-corrected chi connectivity index (χ1v) is 4.72. The Bertz CT molecular complexity index is 223. The van der Waals surface area contributed by atoms with Crippen LogP contribution in [0.5, 0.6) is 0 Å². The molecule has 0 fully saturated rings. The molecule has 0 atom stereocenters. The van der Waals surface area contributed by atoms with E-state index in [4.69, 9.17) is 0 Å². The molecule has 2 rings (SSSR count). The minimum atomic E-state index is 1.21. The van der Waals surface area contributed by atoms with Crippen LogP contribution < -0.4 is 5.54 Å². The first-order valence-electron chi connectivity index (χ1n) is 4.72. The molecule has 1 aliphatic rings. The highest BCUT2D eigenvalue weighted by Gasteiger charge is 2.05. The lowest BCUT2D eigenvalue weighted by atomic mass is 9.92. The van der Waals surface area contributed by atoms with E-state index in [0.717, 1.165) is 0 Å². The molecular formula is C11H16FN. The summed E-state index contributed by atoms with van der Waals surface area (Å²) in [6, 6.07) is 8.80. The molecule has 0 heterocycles. The molecule has 1 aliphatic carbocycles. The Hall–Kier alpha value is -0.890. The second-order valence-corrected chi connectivity index (χ2v) is 3.16. The number of halogens is 1. The number of nitrogens with one attached hydrogen (secondary N) is 1. The van der Waals surface area contributed by atoms with E-state index in [9.17, 15) is 4.48 Å². The zero-order chi connectivity index (χ0) is 9.52. The van der Waals surface area contributed by atoms with Gasteiger partial charge in [-0.2, -0.15) is 5.54 Å². The minimum Gasteiger partial charge on any atom is -0.162 e. The number of fused-ring (bicyclic) bond motifs is 1. The normalized spacial score (nSPS) is 14.0. The first kappa shape index (κ1) is 10.2. The molecule has 0 saturated heterocycles. The van der Waals surface area contributed by atoms with Gasteiger partial charge >= 0.3 is 0 Å². The van der Waals surface area contributed by atoms with Crippen LogP contribution in [0.3, 0.4) is 0 Å². The van der Waals surface area contributed by atoms with Crippen molar-refractivity contribution < 1.29 is 4.48 Å². The highest BCUT2D eigenvalue weighted by atomic mass is 19.2. The van der Waals surface area contributed by atoms with Gasteiger partial charge in [-0.1, -0.05) is 24.3 Å². The Kier molecular flexibility index (Phi) is 4.47. The van der Waals surface area contributed by atoms with E-state index in [1.165, 1.54) is 38.3 Å². The van der Waals surface area contributed by atoms with Gasteiger partial charge in [-0.05, 0) is 36.8 Å². The van der Waals surface area contributed by atoms with Crippen molar-refractivity contribution in [3.8, 4) is 0 Å². The summed E-state index contributed by atoms with van der Waals surface area (Å²) in [6.07, 6.45) is 5.38. The predicted octanol–water partition coefficient (Wildman–Crippen LogP) is 2.66. The molecule has 1 aromatic rings. The van der Waals surface area contributed by atoms with E-state index in [1.54, 1.807) is 11.1 Å². The Labute approximate surface area is 78.9 Å². The van der Waals surface area contributed by atoms with Gasteiger partial charge in [0.05, 0.1) is 0 Å². The Morgan fingerprint density at radius 1 is 1.08 bits per heavy atom. The third-order valence-electron chi connectivity index (χ3n) is 2.26. The Balaban J connectivity index is 0.000000251. The second-order valence-electron chi connectivity index (χ2n) is 3.16. The SMILES string of the molecule is CNF.c1ccc2c(c1)CCCC2. The van der Waals surface area contributed by atoms with Crippen LogP contribution in [-0.2, 0) is 12.8 Å². The van der Waals surface area contributed by atoms with Crippen molar-refractivity contribution in [1.82, 2.24) is 5.54 Å². The van der Waals surface area contributed by atoms with Gasteiger partial charge in [-0.3, -0.25) is 0 Å². The maximum atomic E-state index is 10.0. The second kappa shape index (κ2) is 5.70. The lowest BCUT2D eigenvalue weighted by Crippen LogP contribution is -2.00. The van der Waals surface area contributed by atoms with Crippen molar-refractivity contribution in [2.24, 2.45) is 0 Å². The molecule has 0 unspecified atom stereocenters. The zero-order valence-electron chi connectivity index (χ0n) is 8.02. The number of rotatable bonds is 0. The van der Waals surface area contributed by atoms with E-state index >= 15 is 0 Å². The summed E-state index contributed by atoms with van der Waals surface area (Å²) >= 11 is 0. The standard InChI is InChI=1S/C10H12.CH4FN/c1-2-6-10-8-4-3-7-9(10)5-1;1-3-2/h1-2,5-6H,3-4,7-8H2;3H,1H3. The number of benzene rings is 1. The smallest absolute Gasteiger partial charge is 0.0145 e. The number of hydrogen-bond donors (Lipinski definition) is 1. The Morgan fingerprint density at radius 3 is 1.85 bits per heavy atom. The molecule has 2 heteroatoms. The van der Waals surface area contributed by atoms with Crippen molar-refractivity contribution >= 4 is 0 Å². The monoisotopic (exact) mass is 181 g/mol. The van der Waals surface area contributed by atoms with Crippen LogP contribution in [0.15, 0.2) is 24.3 Å². The lowest BCUT2D eigenvalue weighted by Gasteiger charge is -2.13. The molecule has 0 spiro atoms. The van der Waals surface area contributed by atoms with E-state index in [2.05, 4.69) is 24.3 Å². The van der Waals surface area contributed by atoms with Crippen molar-refractivity contribution in [2.75, 3.05) is 7.05 Å². The van der Waals surface area contributed by atoms with Gasteiger partial charge < -0.3 is 0 Å². The first-order chi connectivity index (χ1) is 6.38. The van der Waals surface area contributed by atoms with Crippen LogP contribution in [0.1, 0.15) is 24.0 Å². The Morgan fingerprint density at radius 2 is 1.46 bits per heavy atom. The molecule has 0 amide bonds. The predicted molar refractivity (Wildman–Crippen MR) is 53.3 cm³/mol.